The van der Waals surface area contributed by atoms with Crippen molar-refractivity contribution in [2.75, 3.05) is 14.1 Å². The van der Waals surface area contributed by atoms with Crippen molar-refractivity contribution in [1.29, 1.82) is 0 Å². The molecule has 1 aliphatic carbocycles. The molecule has 0 aromatic carbocycles. The van der Waals surface area contributed by atoms with Gasteiger partial charge in [0, 0.05) is 50.9 Å². The Hall–Kier alpha value is -1.77. The standard InChI is InChI=1S/C14H18N2O/c1-15(2)10-13-5-4-12(14(13)17)8-11-6-7-16(3)9-11/h6-10H,4-5H2,1-3H3. The van der Waals surface area contributed by atoms with Crippen molar-refractivity contribution in [2.24, 2.45) is 7.05 Å². The number of hydrogen-bond donors (Lipinski definition) is 0. The van der Waals surface area contributed by atoms with Gasteiger partial charge in [0.25, 0.3) is 0 Å². The summed E-state index contributed by atoms with van der Waals surface area (Å²) in [5, 5.41) is 0. The summed E-state index contributed by atoms with van der Waals surface area (Å²) in [4.78, 5) is 14.0. The molecular formula is C14H18N2O. The van der Waals surface area contributed by atoms with Gasteiger partial charge < -0.3 is 9.47 Å². The summed E-state index contributed by atoms with van der Waals surface area (Å²) in [7, 11) is 5.87. The Balaban J connectivity index is 2.20. The van der Waals surface area contributed by atoms with E-state index in [0.717, 1.165) is 29.6 Å². The minimum absolute atomic E-state index is 0.197. The topological polar surface area (TPSA) is 25.2 Å². The zero-order valence-corrected chi connectivity index (χ0v) is 10.6. The third kappa shape index (κ3) is 2.67. The Morgan fingerprint density at radius 3 is 2.59 bits per heavy atom. The largest absolute Gasteiger partial charge is 0.383 e. The molecule has 1 saturated carbocycles. The molecule has 0 aliphatic heterocycles. The molecule has 2 rings (SSSR count). The average Bonchev–Trinajstić information content (AvgIpc) is 2.79. The smallest absolute Gasteiger partial charge is 0.186 e. The summed E-state index contributed by atoms with van der Waals surface area (Å²) in [6, 6.07) is 2.02. The first-order valence-electron chi connectivity index (χ1n) is 5.80. The Bertz CT molecular complexity index is 492. The monoisotopic (exact) mass is 230 g/mol. The summed E-state index contributed by atoms with van der Waals surface area (Å²) in [6.07, 6.45) is 9.65. The minimum atomic E-state index is 0.197. The van der Waals surface area contributed by atoms with Gasteiger partial charge >= 0.3 is 0 Å². The molecule has 0 spiro atoms. The molecule has 0 saturated heterocycles. The molecule has 90 valence electrons. The van der Waals surface area contributed by atoms with E-state index in [1.807, 2.05) is 61.3 Å². The van der Waals surface area contributed by atoms with Crippen LogP contribution in [0.1, 0.15) is 18.4 Å². The predicted molar refractivity (Wildman–Crippen MR) is 69.4 cm³/mol. The summed E-state index contributed by atoms with van der Waals surface area (Å²) < 4.78 is 1.99. The van der Waals surface area contributed by atoms with E-state index >= 15 is 0 Å². The van der Waals surface area contributed by atoms with Crippen LogP contribution in [0, 0.1) is 0 Å². The third-order valence-corrected chi connectivity index (χ3v) is 2.86. The number of hydrogen-bond acceptors (Lipinski definition) is 2. The summed E-state index contributed by atoms with van der Waals surface area (Å²) in [5.74, 6) is 0.197. The van der Waals surface area contributed by atoms with Gasteiger partial charge in [-0.05, 0) is 30.5 Å². The van der Waals surface area contributed by atoms with Crippen molar-refractivity contribution >= 4 is 11.9 Å². The van der Waals surface area contributed by atoms with Crippen LogP contribution in [0.3, 0.4) is 0 Å². The highest BCUT2D eigenvalue weighted by atomic mass is 16.1. The van der Waals surface area contributed by atoms with Crippen LogP contribution in [0.25, 0.3) is 6.08 Å². The number of aryl methyl sites for hydroxylation is 1. The maximum absolute atomic E-state index is 12.1. The van der Waals surface area contributed by atoms with E-state index in [9.17, 15) is 4.79 Å². The number of allylic oxidation sites excluding steroid dienone is 2. The molecule has 3 nitrogen and oxygen atoms in total. The van der Waals surface area contributed by atoms with Gasteiger partial charge in [0.15, 0.2) is 5.78 Å². The molecule has 3 heteroatoms. The van der Waals surface area contributed by atoms with Gasteiger partial charge in [0.2, 0.25) is 0 Å². The molecule has 1 heterocycles. The van der Waals surface area contributed by atoms with Gasteiger partial charge in [-0.2, -0.15) is 0 Å². The molecule has 0 amide bonds. The normalized spacial score (nSPS) is 20.5. The fourth-order valence-electron chi connectivity index (χ4n) is 2.09. The van der Waals surface area contributed by atoms with Gasteiger partial charge in [0.05, 0.1) is 0 Å². The number of aromatic nitrogens is 1. The molecule has 1 aromatic rings. The lowest BCUT2D eigenvalue weighted by atomic mass is 10.1. The van der Waals surface area contributed by atoms with Gasteiger partial charge in [-0.3, -0.25) is 4.79 Å². The first-order chi connectivity index (χ1) is 8.06. The Morgan fingerprint density at radius 2 is 2.00 bits per heavy atom. The predicted octanol–water partition coefficient (Wildman–Crippen LogP) is 2.22. The molecule has 1 aromatic heterocycles. The van der Waals surface area contributed by atoms with Crippen molar-refractivity contribution < 1.29 is 4.79 Å². The SMILES string of the molecule is CN(C)C=C1CCC(=Cc2ccn(C)c2)C1=O. The molecule has 17 heavy (non-hydrogen) atoms. The van der Waals surface area contributed by atoms with Crippen molar-refractivity contribution in [3.63, 3.8) is 0 Å². The van der Waals surface area contributed by atoms with Crippen LogP contribution in [-0.2, 0) is 11.8 Å². The lowest BCUT2D eigenvalue weighted by Gasteiger charge is -2.05. The molecule has 0 atom stereocenters. The fraction of sp³-hybridized carbons (Fsp3) is 0.357. The highest BCUT2D eigenvalue weighted by Gasteiger charge is 2.23. The van der Waals surface area contributed by atoms with Crippen LogP contribution >= 0.6 is 0 Å². The molecule has 1 fully saturated rings. The van der Waals surface area contributed by atoms with Crippen LogP contribution in [0.4, 0.5) is 0 Å². The number of carbonyl (C=O) groups excluding carboxylic acids is 1. The van der Waals surface area contributed by atoms with Crippen LogP contribution in [-0.4, -0.2) is 29.3 Å². The van der Waals surface area contributed by atoms with Crippen molar-refractivity contribution in [2.45, 2.75) is 12.8 Å². The second-order valence-electron chi connectivity index (χ2n) is 4.73. The van der Waals surface area contributed by atoms with E-state index in [2.05, 4.69) is 0 Å². The van der Waals surface area contributed by atoms with Crippen molar-refractivity contribution in [1.82, 2.24) is 9.47 Å². The summed E-state index contributed by atoms with van der Waals surface area (Å²) in [6.45, 7) is 0. The van der Waals surface area contributed by atoms with E-state index in [-0.39, 0.29) is 5.78 Å². The first-order valence-corrected chi connectivity index (χ1v) is 5.80. The molecule has 0 N–H and O–H groups in total. The van der Waals surface area contributed by atoms with Crippen molar-refractivity contribution in [3.05, 3.63) is 41.4 Å². The van der Waals surface area contributed by atoms with E-state index in [0.29, 0.717) is 0 Å². The van der Waals surface area contributed by atoms with E-state index in [4.69, 9.17) is 0 Å². The zero-order valence-electron chi connectivity index (χ0n) is 10.6. The minimum Gasteiger partial charge on any atom is -0.383 e. The first kappa shape index (κ1) is 11.7. The highest BCUT2D eigenvalue weighted by Crippen LogP contribution is 2.27. The average molecular weight is 230 g/mol. The Morgan fingerprint density at radius 1 is 1.29 bits per heavy atom. The molecule has 0 unspecified atom stereocenters. The molecule has 0 radical (unpaired) electrons. The summed E-state index contributed by atoms with van der Waals surface area (Å²) in [5.41, 5.74) is 2.93. The van der Waals surface area contributed by atoms with Gasteiger partial charge in [0.1, 0.15) is 0 Å². The van der Waals surface area contributed by atoms with Crippen LogP contribution in [0.5, 0.6) is 0 Å². The quantitative estimate of drug-likeness (QED) is 0.728. The van der Waals surface area contributed by atoms with Gasteiger partial charge in [-0.1, -0.05) is 0 Å². The highest BCUT2D eigenvalue weighted by molar-refractivity contribution is 6.13. The third-order valence-electron chi connectivity index (χ3n) is 2.86. The lowest BCUT2D eigenvalue weighted by Crippen LogP contribution is -2.05. The Labute approximate surface area is 102 Å². The lowest BCUT2D eigenvalue weighted by molar-refractivity contribution is -0.111. The van der Waals surface area contributed by atoms with Gasteiger partial charge in [-0.15, -0.1) is 0 Å². The van der Waals surface area contributed by atoms with Gasteiger partial charge in [-0.25, -0.2) is 0 Å². The van der Waals surface area contributed by atoms with Crippen LogP contribution < -0.4 is 0 Å². The van der Waals surface area contributed by atoms with Crippen molar-refractivity contribution in [3.8, 4) is 0 Å². The van der Waals surface area contributed by atoms with Crippen LogP contribution in [0.15, 0.2) is 35.8 Å². The number of nitrogens with zero attached hydrogens (tertiary/aromatic N) is 2. The van der Waals surface area contributed by atoms with E-state index < -0.39 is 0 Å². The number of carbonyl (C=O) groups is 1. The Kier molecular flexibility index (Phi) is 3.18. The second kappa shape index (κ2) is 4.62. The fourth-order valence-corrected chi connectivity index (χ4v) is 2.09. The molecule has 1 aliphatic rings. The number of ketones is 1. The second-order valence-corrected chi connectivity index (χ2v) is 4.73. The maximum atomic E-state index is 12.1. The van der Waals surface area contributed by atoms with Crippen LogP contribution in [0.2, 0.25) is 0 Å². The summed E-state index contributed by atoms with van der Waals surface area (Å²) >= 11 is 0. The van der Waals surface area contributed by atoms with E-state index in [1.54, 1.807) is 0 Å². The molecule has 0 bridgehead atoms. The van der Waals surface area contributed by atoms with E-state index in [1.165, 1.54) is 0 Å². The maximum Gasteiger partial charge on any atom is 0.186 e. The molecular weight excluding hydrogens is 212 g/mol. The zero-order chi connectivity index (χ0) is 12.4. The number of Topliss-reactive ketones (excluding diaryl/α,β-unsaturated/α-hetero) is 1. The number of rotatable bonds is 2.